The van der Waals surface area contributed by atoms with E-state index in [2.05, 4.69) is 62.5 Å². The highest BCUT2D eigenvalue weighted by Gasteiger charge is 2.38. The fourth-order valence-corrected chi connectivity index (χ4v) is 3.73. The average molecular weight is 468 g/mol. The van der Waals surface area contributed by atoms with E-state index in [1.54, 1.807) is 0 Å². The highest BCUT2D eigenvalue weighted by molar-refractivity contribution is 14.0. The van der Waals surface area contributed by atoms with Gasteiger partial charge in [0, 0.05) is 32.2 Å². The minimum atomic E-state index is 0. The van der Waals surface area contributed by atoms with Crippen LogP contribution in [0.3, 0.4) is 0 Å². The van der Waals surface area contributed by atoms with Gasteiger partial charge in [0.05, 0.1) is 17.6 Å². The largest absolute Gasteiger partial charge is 0.352 e. The summed E-state index contributed by atoms with van der Waals surface area (Å²) in [5.74, 6) is 2.43. The second kappa shape index (κ2) is 8.12. The SMILES string of the molecule is CN=C(NCc1nc2ccc(C)cc2[nH]1)NC1CN(C2CC2)CC1C.I. The molecule has 3 N–H and O–H groups in total. The van der Waals surface area contributed by atoms with Gasteiger partial charge in [-0.15, -0.1) is 24.0 Å². The fraction of sp³-hybridized carbons (Fsp3) is 0.579. The molecule has 4 rings (SSSR count). The first-order chi connectivity index (χ1) is 12.1. The molecule has 2 unspecified atom stereocenters. The zero-order chi connectivity index (χ0) is 17.4. The molecule has 0 radical (unpaired) electrons. The Balaban J connectivity index is 0.00000196. The zero-order valence-electron chi connectivity index (χ0n) is 15.7. The van der Waals surface area contributed by atoms with Crippen LogP contribution in [0.1, 0.15) is 31.2 Å². The van der Waals surface area contributed by atoms with Crippen LogP contribution in [0.25, 0.3) is 11.0 Å². The summed E-state index contributed by atoms with van der Waals surface area (Å²) >= 11 is 0. The highest BCUT2D eigenvalue weighted by atomic mass is 127. The maximum Gasteiger partial charge on any atom is 0.191 e. The van der Waals surface area contributed by atoms with Crippen LogP contribution in [0, 0.1) is 12.8 Å². The molecule has 1 aromatic carbocycles. The Morgan fingerprint density at radius 2 is 2.15 bits per heavy atom. The minimum Gasteiger partial charge on any atom is -0.352 e. The van der Waals surface area contributed by atoms with E-state index in [9.17, 15) is 0 Å². The third kappa shape index (κ3) is 4.31. The fourth-order valence-electron chi connectivity index (χ4n) is 3.73. The molecule has 2 fully saturated rings. The van der Waals surface area contributed by atoms with Crippen molar-refractivity contribution >= 4 is 41.0 Å². The summed E-state index contributed by atoms with van der Waals surface area (Å²) in [6.45, 7) is 7.38. The topological polar surface area (TPSA) is 68.3 Å². The van der Waals surface area contributed by atoms with Gasteiger partial charge in [-0.2, -0.15) is 0 Å². The Bertz CT molecular complexity index is 781. The number of nitrogens with one attached hydrogen (secondary N) is 3. The van der Waals surface area contributed by atoms with Gasteiger partial charge in [-0.25, -0.2) is 4.98 Å². The van der Waals surface area contributed by atoms with Crippen LogP contribution in [0.15, 0.2) is 23.2 Å². The van der Waals surface area contributed by atoms with Crippen molar-refractivity contribution in [1.29, 1.82) is 0 Å². The molecule has 1 saturated carbocycles. The van der Waals surface area contributed by atoms with Crippen molar-refractivity contribution in [2.45, 2.75) is 45.3 Å². The number of hydrogen-bond donors (Lipinski definition) is 3. The van der Waals surface area contributed by atoms with Gasteiger partial charge in [-0.1, -0.05) is 13.0 Å². The Morgan fingerprint density at radius 3 is 2.88 bits per heavy atom. The maximum absolute atomic E-state index is 4.64. The van der Waals surface area contributed by atoms with Crippen molar-refractivity contribution in [3.8, 4) is 0 Å². The number of halogens is 1. The molecule has 1 aliphatic carbocycles. The normalized spacial score (nSPS) is 23.9. The Labute approximate surface area is 172 Å². The molecular weight excluding hydrogens is 439 g/mol. The number of aromatic amines is 1. The van der Waals surface area contributed by atoms with Crippen LogP contribution in [-0.2, 0) is 6.54 Å². The number of nitrogens with zero attached hydrogens (tertiary/aromatic N) is 3. The summed E-state index contributed by atoms with van der Waals surface area (Å²) in [6, 6.07) is 7.58. The van der Waals surface area contributed by atoms with Crippen molar-refractivity contribution in [3.63, 3.8) is 0 Å². The van der Waals surface area contributed by atoms with Crippen molar-refractivity contribution < 1.29 is 0 Å². The van der Waals surface area contributed by atoms with E-state index in [-0.39, 0.29) is 24.0 Å². The third-order valence-electron chi connectivity index (χ3n) is 5.36. The predicted molar refractivity (Wildman–Crippen MR) is 117 cm³/mol. The van der Waals surface area contributed by atoms with Gasteiger partial charge in [0.25, 0.3) is 0 Å². The van der Waals surface area contributed by atoms with Crippen LogP contribution >= 0.6 is 24.0 Å². The van der Waals surface area contributed by atoms with E-state index in [0.717, 1.165) is 35.4 Å². The number of benzene rings is 1. The van der Waals surface area contributed by atoms with E-state index in [1.807, 2.05) is 7.05 Å². The standard InChI is InChI=1S/C19H28N6.HI/c1-12-4-7-15-16(8-12)23-18(22-15)9-21-19(20-3)24-17-11-25(10-13(17)2)14-5-6-14;/h4,7-8,13-14,17H,5-6,9-11H2,1-3H3,(H,22,23)(H2,20,21,24);1H. The summed E-state index contributed by atoms with van der Waals surface area (Å²) < 4.78 is 0. The number of aliphatic imine (C=N–C) groups is 1. The van der Waals surface area contributed by atoms with Gasteiger partial charge in [0.2, 0.25) is 0 Å². The average Bonchev–Trinajstić information content (AvgIpc) is 3.27. The number of rotatable bonds is 4. The van der Waals surface area contributed by atoms with Crippen LogP contribution < -0.4 is 10.6 Å². The molecule has 2 aliphatic rings. The van der Waals surface area contributed by atoms with Gasteiger partial charge in [0.1, 0.15) is 5.82 Å². The van der Waals surface area contributed by atoms with Crippen molar-refractivity contribution in [1.82, 2.24) is 25.5 Å². The molecule has 1 aromatic heterocycles. The lowest BCUT2D eigenvalue weighted by Gasteiger charge is -2.20. The zero-order valence-corrected chi connectivity index (χ0v) is 18.1. The first-order valence-corrected chi connectivity index (χ1v) is 9.29. The molecule has 142 valence electrons. The number of aryl methyl sites for hydroxylation is 1. The molecular formula is C19H29IN6. The van der Waals surface area contributed by atoms with Gasteiger partial charge in [-0.3, -0.25) is 9.89 Å². The van der Waals surface area contributed by atoms with Crippen LogP contribution in [0.5, 0.6) is 0 Å². The molecule has 0 amide bonds. The Kier molecular flexibility index (Phi) is 6.06. The molecule has 1 aliphatic heterocycles. The van der Waals surface area contributed by atoms with Crippen LogP contribution in [0.2, 0.25) is 0 Å². The maximum atomic E-state index is 4.64. The molecule has 2 aromatic rings. The van der Waals surface area contributed by atoms with E-state index in [0.29, 0.717) is 18.5 Å². The molecule has 0 bridgehead atoms. The van der Waals surface area contributed by atoms with E-state index in [1.165, 1.54) is 24.9 Å². The minimum absolute atomic E-state index is 0. The van der Waals surface area contributed by atoms with Crippen molar-refractivity contribution in [2.75, 3.05) is 20.1 Å². The van der Waals surface area contributed by atoms with Crippen LogP contribution in [-0.4, -0.2) is 53.0 Å². The third-order valence-corrected chi connectivity index (χ3v) is 5.36. The van der Waals surface area contributed by atoms with Crippen LogP contribution in [0.4, 0.5) is 0 Å². The first kappa shape index (κ1) is 19.4. The second-order valence-electron chi connectivity index (χ2n) is 7.54. The van der Waals surface area contributed by atoms with E-state index < -0.39 is 0 Å². The van der Waals surface area contributed by atoms with E-state index >= 15 is 0 Å². The van der Waals surface area contributed by atoms with Gasteiger partial charge < -0.3 is 15.6 Å². The lowest BCUT2D eigenvalue weighted by atomic mass is 10.1. The number of aromatic nitrogens is 2. The smallest absolute Gasteiger partial charge is 0.191 e. The number of H-pyrrole nitrogens is 1. The van der Waals surface area contributed by atoms with Crippen molar-refractivity contribution in [3.05, 3.63) is 29.6 Å². The summed E-state index contributed by atoms with van der Waals surface area (Å²) in [7, 11) is 1.83. The van der Waals surface area contributed by atoms with Gasteiger partial charge in [-0.05, 0) is 43.4 Å². The molecule has 6 nitrogen and oxygen atoms in total. The second-order valence-corrected chi connectivity index (χ2v) is 7.54. The highest BCUT2D eigenvalue weighted by Crippen LogP contribution is 2.31. The Hall–Kier alpha value is -1.35. The number of fused-ring (bicyclic) bond motifs is 1. The summed E-state index contributed by atoms with van der Waals surface area (Å²) in [6.07, 6.45) is 2.75. The molecule has 2 atom stereocenters. The molecule has 0 spiro atoms. The number of likely N-dealkylation sites (tertiary alicyclic amines) is 1. The number of guanidine groups is 1. The lowest BCUT2D eigenvalue weighted by Crippen LogP contribution is -2.46. The summed E-state index contributed by atoms with van der Waals surface area (Å²) in [5.41, 5.74) is 3.34. The molecule has 26 heavy (non-hydrogen) atoms. The molecule has 2 heterocycles. The van der Waals surface area contributed by atoms with E-state index in [4.69, 9.17) is 0 Å². The number of hydrogen-bond acceptors (Lipinski definition) is 3. The number of imidazole rings is 1. The summed E-state index contributed by atoms with van der Waals surface area (Å²) in [5, 5.41) is 6.99. The van der Waals surface area contributed by atoms with Crippen molar-refractivity contribution in [2.24, 2.45) is 10.9 Å². The first-order valence-electron chi connectivity index (χ1n) is 9.29. The molecule has 7 heteroatoms. The predicted octanol–water partition coefficient (Wildman–Crippen LogP) is 2.64. The van der Waals surface area contributed by atoms with Gasteiger partial charge in [0.15, 0.2) is 5.96 Å². The quantitative estimate of drug-likeness (QED) is 0.367. The van der Waals surface area contributed by atoms with Gasteiger partial charge >= 0.3 is 0 Å². The summed E-state index contributed by atoms with van der Waals surface area (Å²) in [4.78, 5) is 15.0. The molecule has 1 saturated heterocycles. The Morgan fingerprint density at radius 1 is 1.35 bits per heavy atom. The monoisotopic (exact) mass is 468 g/mol. The lowest BCUT2D eigenvalue weighted by molar-refractivity contribution is 0.315.